The van der Waals surface area contributed by atoms with Crippen molar-refractivity contribution in [1.29, 1.82) is 0 Å². The van der Waals surface area contributed by atoms with Gasteiger partial charge in [-0.25, -0.2) is 9.97 Å². The first-order valence-corrected chi connectivity index (χ1v) is 10.7. The van der Waals surface area contributed by atoms with Crippen LogP contribution in [0.15, 0.2) is 21.0 Å². The van der Waals surface area contributed by atoms with Gasteiger partial charge in [0.05, 0.1) is 34.7 Å². The first-order valence-electron chi connectivity index (χ1n) is 8.94. The van der Waals surface area contributed by atoms with Crippen molar-refractivity contribution in [2.24, 2.45) is 5.92 Å². The maximum Gasteiger partial charge on any atom is 0.230 e. The monoisotopic (exact) mass is 412 g/mol. The highest BCUT2D eigenvalue weighted by Gasteiger charge is 2.16. The van der Waals surface area contributed by atoms with Crippen LogP contribution in [0.1, 0.15) is 46.3 Å². The van der Waals surface area contributed by atoms with Crippen molar-refractivity contribution in [2.75, 3.05) is 18.6 Å². The maximum absolute atomic E-state index is 12.3. The van der Waals surface area contributed by atoms with Crippen LogP contribution in [0.3, 0.4) is 0 Å². The Kier molecular flexibility index (Phi) is 8.28. The van der Waals surface area contributed by atoms with Gasteiger partial charge in [0, 0.05) is 18.9 Å². The molecule has 2 aromatic rings. The maximum atomic E-state index is 12.3. The summed E-state index contributed by atoms with van der Waals surface area (Å²) < 4.78 is 12.2. The fourth-order valence-corrected chi connectivity index (χ4v) is 3.69. The molecule has 0 aromatic carbocycles. The van der Waals surface area contributed by atoms with Crippen LogP contribution in [-0.4, -0.2) is 34.8 Å². The van der Waals surface area contributed by atoms with E-state index in [0.717, 1.165) is 16.4 Å². The highest BCUT2D eigenvalue weighted by molar-refractivity contribution is 8.00. The molecule has 0 fully saturated rings. The lowest BCUT2D eigenvalue weighted by atomic mass is 10.1. The number of nitrogens with zero attached hydrogens (tertiary/aromatic N) is 2. The van der Waals surface area contributed by atoms with Gasteiger partial charge in [-0.15, -0.1) is 11.8 Å². The minimum Gasteiger partial charge on any atom is -0.445 e. The average molecular weight is 413 g/mol. The van der Waals surface area contributed by atoms with E-state index in [0.29, 0.717) is 30.1 Å². The third kappa shape index (κ3) is 8.00. The lowest BCUT2D eigenvalue weighted by molar-refractivity contribution is -0.119. The fraction of sp³-hybridized carbons (Fsp3) is 0.611. The van der Waals surface area contributed by atoms with E-state index >= 15 is 0 Å². The van der Waals surface area contributed by atoms with Crippen molar-refractivity contribution in [1.82, 2.24) is 15.3 Å². The van der Waals surface area contributed by atoms with Gasteiger partial charge in [0.15, 0.2) is 5.13 Å². The zero-order chi connectivity index (χ0) is 19.9. The molecular formula is C18H28N4O3S2. The van der Waals surface area contributed by atoms with E-state index in [-0.39, 0.29) is 17.4 Å². The van der Waals surface area contributed by atoms with Crippen molar-refractivity contribution < 1.29 is 13.9 Å². The Balaban J connectivity index is 1.72. The second kappa shape index (κ2) is 10.2. The summed E-state index contributed by atoms with van der Waals surface area (Å²) in [6, 6.07) is 0. The van der Waals surface area contributed by atoms with Crippen LogP contribution in [0.5, 0.6) is 0 Å². The van der Waals surface area contributed by atoms with E-state index in [9.17, 15) is 4.79 Å². The minimum absolute atomic E-state index is 0.0653. The first-order chi connectivity index (χ1) is 12.8. The van der Waals surface area contributed by atoms with Crippen LogP contribution in [0.25, 0.3) is 0 Å². The summed E-state index contributed by atoms with van der Waals surface area (Å²) >= 11 is 3.04. The summed E-state index contributed by atoms with van der Waals surface area (Å²) in [5, 5.41) is 6.60. The Bertz CT molecular complexity index is 724. The van der Waals surface area contributed by atoms with Gasteiger partial charge < -0.3 is 14.5 Å². The Labute approximate surface area is 168 Å². The largest absolute Gasteiger partial charge is 0.445 e. The zero-order valence-corrected chi connectivity index (χ0v) is 18.1. The lowest BCUT2D eigenvalue weighted by Gasteiger charge is -2.20. The number of anilines is 1. The van der Waals surface area contributed by atoms with Crippen LogP contribution in [0.2, 0.25) is 0 Å². The molecular weight excluding hydrogens is 384 g/mol. The van der Waals surface area contributed by atoms with Gasteiger partial charge in [0.2, 0.25) is 11.8 Å². The number of rotatable bonds is 10. The molecule has 1 atom stereocenters. The Morgan fingerprint density at radius 1 is 1.37 bits per heavy atom. The van der Waals surface area contributed by atoms with Crippen LogP contribution in [0, 0.1) is 5.92 Å². The Morgan fingerprint density at radius 3 is 2.81 bits per heavy atom. The molecule has 2 N–H and O–H groups in total. The molecule has 0 bridgehead atoms. The molecule has 2 rings (SSSR count). The van der Waals surface area contributed by atoms with E-state index in [1.165, 1.54) is 11.3 Å². The van der Waals surface area contributed by atoms with Gasteiger partial charge in [-0.3, -0.25) is 10.1 Å². The summed E-state index contributed by atoms with van der Waals surface area (Å²) in [4.78, 5) is 20.8. The van der Waals surface area contributed by atoms with Crippen LogP contribution in [0.4, 0.5) is 5.13 Å². The molecule has 0 saturated carbocycles. The van der Waals surface area contributed by atoms with Gasteiger partial charge >= 0.3 is 0 Å². The number of carbonyl (C=O) groups is 1. The summed E-state index contributed by atoms with van der Waals surface area (Å²) in [5.41, 5.74) is -0.198. The molecule has 0 radical (unpaired) electrons. The third-order valence-electron chi connectivity index (χ3n) is 3.51. The van der Waals surface area contributed by atoms with Gasteiger partial charge in [-0.2, -0.15) is 0 Å². The number of ether oxygens (including phenoxy) is 1. The number of aryl methyl sites for hydroxylation is 1. The molecule has 0 aliphatic carbocycles. The van der Waals surface area contributed by atoms with Crippen molar-refractivity contribution in [3.8, 4) is 0 Å². The highest BCUT2D eigenvalue weighted by Crippen LogP contribution is 2.30. The van der Waals surface area contributed by atoms with E-state index in [1.54, 1.807) is 24.2 Å². The van der Waals surface area contributed by atoms with Crippen LogP contribution < -0.4 is 10.6 Å². The first kappa shape index (κ1) is 21.9. The van der Waals surface area contributed by atoms with Crippen molar-refractivity contribution in [2.45, 2.75) is 56.6 Å². The molecule has 1 amide bonds. The number of carbonyl (C=O) groups excluding carboxylic acids is 1. The molecule has 0 aliphatic heterocycles. The topological polar surface area (TPSA) is 89.3 Å². The van der Waals surface area contributed by atoms with Crippen LogP contribution >= 0.6 is 23.1 Å². The molecule has 0 spiro atoms. The van der Waals surface area contributed by atoms with Gasteiger partial charge in [0.1, 0.15) is 5.76 Å². The summed E-state index contributed by atoms with van der Waals surface area (Å²) in [6.45, 7) is 10.8. The fourth-order valence-electron chi connectivity index (χ4n) is 1.96. The van der Waals surface area contributed by atoms with Crippen molar-refractivity contribution in [3.05, 3.63) is 24.0 Å². The molecule has 0 saturated heterocycles. The number of amides is 1. The second-order valence-corrected chi connectivity index (χ2v) is 9.40. The van der Waals surface area contributed by atoms with E-state index in [2.05, 4.69) is 20.6 Å². The number of nitrogens with one attached hydrogen (secondary N) is 2. The number of hydrogen-bond acceptors (Lipinski definition) is 8. The molecule has 150 valence electrons. The average Bonchev–Trinajstić information content (AvgIpc) is 3.24. The van der Waals surface area contributed by atoms with Gasteiger partial charge in [-0.05, 0) is 20.8 Å². The quantitative estimate of drug-likeness (QED) is 0.347. The second-order valence-electron chi connectivity index (χ2n) is 7.09. The van der Waals surface area contributed by atoms with Gasteiger partial charge in [0.25, 0.3) is 0 Å². The molecule has 9 heteroatoms. The lowest BCUT2D eigenvalue weighted by Crippen LogP contribution is -2.34. The SMILES string of the molecule is CCc1cnc(CSc2cnc(NC(=O)C(C)CNCOC(C)(C)C)s2)o1. The highest BCUT2D eigenvalue weighted by atomic mass is 32.2. The molecule has 2 aromatic heterocycles. The number of hydrogen-bond donors (Lipinski definition) is 2. The van der Waals surface area contributed by atoms with Crippen LogP contribution in [-0.2, 0) is 21.7 Å². The molecule has 0 aliphatic rings. The molecule has 2 heterocycles. The molecule has 7 nitrogen and oxygen atoms in total. The third-order valence-corrected chi connectivity index (χ3v) is 5.60. The minimum atomic E-state index is -0.198. The standard InChI is InChI=1S/C18H28N4O3S2/c1-6-13-8-20-14(25-13)10-26-15-9-21-17(27-15)22-16(23)12(2)7-19-11-24-18(3,4)5/h8-9,12,19H,6-7,10-11H2,1-5H3,(H,21,22,23). The Hall–Kier alpha value is -1.42. The summed E-state index contributed by atoms with van der Waals surface area (Å²) in [6.07, 6.45) is 4.36. The summed E-state index contributed by atoms with van der Waals surface area (Å²) in [5.74, 6) is 1.98. The molecule has 27 heavy (non-hydrogen) atoms. The predicted molar refractivity (Wildman–Crippen MR) is 109 cm³/mol. The van der Waals surface area contributed by atoms with E-state index in [1.807, 2.05) is 34.6 Å². The normalized spacial score (nSPS) is 12.9. The van der Waals surface area contributed by atoms with Gasteiger partial charge in [-0.1, -0.05) is 25.2 Å². The number of oxazole rings is 1. The summed E-state index contributed by atoms with van der Waals surface area (Å²) in [7, 11) is 0. The Morgan fingerprint density at radius 2 is 2.15 bits per heavy atom. The van der Waals surface area contributed by atoms with E-state index in [4.69, 9.17) is 9.15 Å². The number of thioether (sulfide) groups is 1. The number of thiazole rings is 1. The van der Waals surface area contributed by atoms with Crippen molar-refractivity contribution >= 4 is 34.1 Å². The zero-order valence-electron chi connectivity index (χ0n) is 16.5. The predicted octanol–water partition coefficient (Wildman–Crippen LogP) is 3.92. The smallest absolute Gasteiger partial charge is 0.230 e. The molecule has 1 unspecified atom stereocenters. The van der Waals surface area contributed by atoms with E-state index < -0.39 is 0 Å². The number of aromatic nitrogens is 2. The van der Waals surface area contributed by atoms with Crippen molar-refractivity contribution in [3.63, 3.8) is 0 Å².